The zero-order valence-electron chi connectivity index (χ0n) is 21.3. The van der Waals surface area contributed by atoms with Gasteiger partial charge in [0.15, 0.2) is 0 Å². The number of likely N-dealkylation sites (tertiary alicyclic amines) is 1. The summed E-state index contributed by atoms with van der Waals surface area (Å²) in [6.07, 6.45) is 5.30. The van der Waals surface area contributed by atoms with Gasteiger partial charge in [-0.05, 0) is 72.7 Å². The fourth-order valence-electron chi connectivity index (χ4n) is 5.54. The topological polar surface area (TPSA) is 60.9 Å². The number of carbonyl (C=O) groups is 1. The Balaban J connectivity index is 1.30. The number of piperidine rings is 1. The second kappa shape index (κ2) is 11.5. The third-order valence-electron chi connectivity index (χ3n) is 7.61. The zero-order valence-corrected chi connectivity index (χ0v) is 21.3. The van der Waals surface area contributed by atoms with Crippen molar-refractivity contribution in [2.45, 2.75) is 44.8 Å². The van der Waals surface area contributed by atoms with Crippen LogP contribution in [0.4, 0.5) is 0 Å². The first kappa shape index (κ1) is 24.9. The van der Waals surface area contributed by atoms with Gasteiger partial charge in [-0.1, -0.05) is 36.4 Å². The molecule has 36 heavy (non-hydrogen) atoms. The molecule has 0 bridgehead atoms. The molecule has 0 radical (unpaired) electrons. The van der Waals surface area contributed by atoms with Gasteiger partial charge in [0.25, 0.3) is 5.91 Å². The van der Waals surface area contributed by atoms with Crippen LogP contribution in [-0.4, -0.2) is 61.9 Å². The highest BCUT2D eigenvalue weighted by atomic mass is 16.5. The molecule has 1 aromatic heterocycles. The molecule has 2 atom stereocenters. The van der Waals surface area contributed by atoms with Crippen molar-refractivity contribution in [2.24, 2.45) is 5.92 Å². The van der Waals surface area contributed by atoms with Crippen LogP contribution >= 0.6 is 0 Å². The summed E-state index contributed by atoms with van der Waals surface area (Å²) in [5, 5.41) is 2.39. The molecule has 0 aliphatic carbocycles. The molecule has 6 nitrogen and oxygen atoms in total. The normalized spacial score (nSPS) is 19.6. The molecule has 2 aromatic carbocycles. The van der Waals surface area contributed by atoms with E-state index in [0.717, 1.165) is 44.5 Å². The SMILES string of the molecule is COCCOC(c1ccc(-c2ccc3c(C)nccc3c2)cc1)C1CCN(C(=O)[C@H]2CCCO2)CC1. The largest absolute Gasteiger partial charge is 0.382 e. The lowest BCUT2D eigenvalue weighted by molar-refractivity contribution is -0.143. The van der Waals surface area contributed by atoms with Crippen LogP contribution < -0.4 is 0 Å². The van der Waals surface area contributed by atoms with Gasteiger partial charge in [0.05, 0.1) is 19.3 Å². The number of carbonyl (C=O) groups excluding carboxylic acids is 1. The Hall–Kier alpha value is -2.80. The van der Waals surface area contributed by atoms with E-state index < -0.39 is 0 Å². The number of fused-ring (bicyclic) bond motifs is 1. The van der Waals surface area contributed by atoms with Crippen LogP contribution in [0.1, 0.15) is 43.0 Å². The third-order valence-corrected chi connectivity index (χ3v) is 7.61. The van der Waals surface area contributed by atoms with E-state index in [1.807, 2.05) is 18.0 Å². The molecule has 0 saturated carbocycles. The van der Waals surface area contributed by atoms with Gasteiger partial charge in [0, 0.05) is 44.1 Å². The molecular formula is C30H36N2O4. The molecule has 1 amide bonds. The quantitative estimate of drug-likeness (QED) is 0.401. The van der Waals surface area contributed by atoms with Gasteiger partial charge in [-0.25, -0.2) is 0 Å². The van der Waals surface area contributed by atoms with Gasteiger partial charge < -0.3 is 19.1 Å². The van der Waals surface area contributed by atoms with E-state index in [-0.39, 0.29) is 18.1 Å². The van der Waals surface area contributed by atoms with E-state index in [1.165, 1.54) is 27.5 Å². The van der Waals surface area contributed by atoms with Crippen LogP contribution in [0.25, 0.3) is 21.9 Å². The minimum Gasteiger partial charge on any atom is -0.382 e. The van der Waals surface area contributed by atoms with Crippen molar-refractivity contribution in [1.82, 2.24) is 9.88 Å². The smallest absolute Gasteiger partial charge is 0.251 e. The summed E-state index contributed by atoms with van der Waals surface area (Å²) in [6, 6.07) is 17.4. The van der Waals surface area contributed by atoms with E-state index in [0.29, 0.717) is 25.7 Å². The fraction of sp³-hybridized carbons (Fsp3) is 0.467. The zero-order chi connectivity index (χ0) is 24.9. The molecule has 1 unspecified atom stereocenters. The number of benzene rings is 2. The summed E-state index contributed by atoms with van der Waals surface area (Å²) in [4.78, 5) is 19.2. The van der Waals surface area contributed by atoms with Gasteiger partial charge in [0.2, 0.25) is 0 Å². The molecule has 190 valence electrons. The minimum atomic E-state index is -0.238. The monoisotopic (exact) mass is 488 g/mol. The highest BCUT2D eigenvalue weighted by Crippen LogP contribution is 2.35. The van der Waals surface area contributed by atoms with Gasteiger partial charge in [-0.2, -0.15) is 0 Å². The van der Waals surface area contributed by atoms with E-state index in [1.54, 1.807) is 7.11 Å². The lowest BCUT2D eigenvalue weighted by Gasteiger charge is -2.37. The first-order valence-electron chi connectivity index (χ1n) is 13.1. The van der Waals surface area contributed by atoms with Gasteiger partial charge in [-0.15, -0.1) is 0 Å². The molecule has 0 spiro atoms. The summed E-state index contributed by atoms with van der Waals surface area (Å²) in [6.45, 7) is 5.39. The van der Waals surface area contributed by atoms with E-state index in [9.17, 15) is 4.79 Å². The van der Waals surface area contributed by atoms with Crippen LogP contribution in [0, 0.1) is 12.8 Å². The Morgan fingerprint density at radius 2 is 1.83 bits per heavy atom. The summed E-state index contributed by atoms with van der Waals surface area (Å²) in [7, 11) is 1.70. The number of ether oxygens (including phenoxy) is 3. The van der Waals surface area contributed by atoms with Crippen molar-refractivity contribution in [3.8, 4) is 11.1 Å². The Morgan fingerprint density at radius 3 is 2.56 bits per heavy atom. The molecule has 5 rings (SSSR count). The fourth-order valence-corrected chi connectivity index (χ4v) is 5.54. The number of hydrogen-bond acceptors (Lipinski definition) is 5. The Morgan fingerprint density at radius 1 is 1.06 bits per heavy atom. The van der Waals surface area contributed by atoms with Crippen LogP contribution in [0.5, 0.6) is 0 Å². The molecule has 2 fully saturated rings. The van der Waals surface area contributed by atoms with Gasteiger partial charge >= 0.3 is 0 Å². The van der Waals surface area contributed by atoms with Crippen molar-refractivity contribution in [3.05, 3.63) is 66.0 Å². The van der Waals surface area contributed by atoms with Crippen molar-refractivity contribution in [1.29, 1.82) is 0 Å². The molecule has 2 aliphatic rings. The van der Waals surface area contributed by atoms with Crippen LogP contribution in [0.2, 0.25) is 0 Å². The maximum Gasteiger partial charge on any atom is 0.251 e. The van der Waals surface area contributed by atoms with Crippen molar-refractivity contribution in [3.63, 3.8) is 0 Å². The first-order valence-corrected chi connectivity index (χ1v) is 13.1. The van der Waals surface area contributed by atoms with E-state index in [2.05, 4.69) is 53.5 Å². The second-order valence-electron chi connectivity index (χ2n) is 9.90. The van der Waals surface area contributed by atoms with Crippen LogP contribution in [-0.2, 0) is 19.0 Å². The van der Waals surface area contributed by atoms with Crippen LogP contribution in [0.3, 0.4) is 0 Å². The highest BCUT2D eigenvalue weighted by molar-refractivity contribution is 5.88. The van der Waals surface area contributed by atoms with E-state index >= 15 is 0 Å². The Bertz CT molecular complexity index is 1170. The summed E-state index contributed by atoms with van der Waals surface area (Å²) >= 11 is 0. The number of aromatic nitrogens is 1. The Labute approximate surface area is 213 Å². The number of methoxy groups -OCH3 is 1. The maximum atomic E-state index is 12.8. The summed E-state index contributed by atoms with van der Waals surface area (Å²) in [5.74, 6) is 0.519. The maximum absolute atomic E-state index is 12.8. The number of aryl methyl sites for hydroxylation is 1. The van der Waals surface area contributed by atoms with Crippen molar-refractivity contribution >= 4 is 16.7 Å². The number of amides is 1. The van der Waals surface area contributed by atoms with E-state index in [4.69, 9.17) is 14.2 Å². The molecule has 0 N–H and O–H groups in total. The van der Waals surface area contributed by atoms with Crippen molar-refractivity contribution < 1.29 is 19.0 Å². The molecule has 2 aliphatic heterocycles. The van der Waals surface area contributed by atoms with Gasteiger partial charge in [0.1, 0.15) is 6.10 Å². The van der Waals surface area contributed by atoms with Crippen molar-refractivity contribution in [2.75, 3.05) is 40.0 Å². The lowest BCUT2D eigenvalue weighted by atomic mass is 9.86. The average Bonchev–Trinajstić information content (AvgIpc) is 3.46. The second-order valence-corrected chi connectivity index (χ2v) is 9.90. The molecular weight excluding hydrogens is 452 g/mol. The Kier molecular flexibility index (Phi) is 7.95. The lowest BCUT2D eigenvalue weighted by Crippen LogP contribution is -2.44. The highest BCUT2D eigenvalue weighted by Gasteiger charge is 2.34. The summed E-state index contributed by atoms with van der Waals surface area (Å²) < 4.78 is 17.2. The molecule has 3 heterocycles. The summed E-state index contributed by atoms with van der Waals surface area (Å²) in [5.41, 5.74) is 4.61. The molecule has 2 saturated heterocycles. The first-order chi connectivity index (χ1) is 17.6. The predicted octanol–water partition coefficient (Wildman–Crippen LogP) is 5.33. The van der Waals surface area contributed by atoms with Gasteiger partial charge in [-0.3, -0.25) is 9.78 Å². The standard InChI is InChI=1S/C30H36N2O4/c1-21-27-10-9-25(20-26(27)11-14-31-21)22-5-7-23(8-6-22)29(36-19-18-34-2)24-12-15-32(16-13-24)30(33)28-4-3-17-35-28/h5-11,14,20,24,28-29H,3-4,12-13,15-19H2,1-2H3/t28-,29?/m1/s1. The third kappa shape index (κ3) is 5.46. The molecule has 3 aromatic rings. The number of hydrogen-bond donors (Lipinski definition) is 0. The number of rotatable bonds is 8. The number of pyridine rings is 1. The average molecular weight is 489 g/mol. The minimum absolute atomic E-state index is 0.0143. The predicted molar refractivity (Wildman–Crippen MR) is 141 cm³/mol. The van der Waals surface area contributed by atoms with Crippen LogP contribution in [0.15, 0.2) is 54.7 Å². The number of nitrogens with zero attached hydrogens (tertiary/aromatic N) is 2. The molecule has 6 heteroatoms.